The summed E-state index contributed by atoms with van der Waals surface area (Å²) in [6.45, 7) is 4.55. The van der Waals surface area contributed by atoms with Crippen molar-refractivity contribution in [2.24, 2.45) is 11.7 Å². The number of nitrogens with two attached hydrogens (primary N) is 1. The van der Waals surface area contributed by atoms with E-state index in [2.05, 4.69) is 5.32 Å². The van der Waals surface area contributed by atoms with E-state index >= 15 is 0 Å². The van der Waals surface area contributed by atoms with Gasteiger partial charge in [0.2, 0.25) is 0 Å². The molecule has 1 aromatic rings. The van der Waals surface area contributed by atoms with Crippen molar-refractivity contribution in [3.63, 3.8) is 0 Å². The molecule has 0 bridgehead atoms. The second-order valence-electron chi connectivity index (χ2n) is 4.46. The number of hydrogen-bond donors (Lipinski definition) is 3. The van der Waals surface area contributed by atoms with E-state index in [9.17, 15) is 4.39 Å². The van der Waals surface area contributed by atoms with Gasteiger partial charge in [-0.05, 0) is 30.5 Å². The highest BCUT2D eigenvalue weighted by atomic mass is 19.1. The van der Waals surface area contributed by atoms with Crippen LogP contribution in [0, 0.1) is 11.7 Å². The third-order valence-corrected chi connectivity index (χ3v) is 3.11. The molecule has 4 heteroatoms. The van der Waals surface area contributed by atoms with E-state index < -0.39 is 0 Å². The van der Waals surface area contributed by atoms with Gasteiger partial charge in [-0.25, -0.2) is 4.39 Å². The fourth-order valence-electron chi connectivity index (χ4n) is 1.64. The minimum atomic E-state index is -0.249. The summed E-state index contributed by atoms with van der Waals surface area (Å²) in [6.07, 6.45) is 0. The topological polar surface area (TPSA) is 58.3 Å². The highest BCUT2D eigenvalue weighted by Gasteiger charge is 2.16. The van der Waals surface area contributed by atoms with E-state index in [1.165, 1.54) is 12.1 Å². The van der Waals surface area contributed by atoms with Crippen LogP contribution in [0.5, 0.6) is 0 Å². The maximum absolute atomic E-state index is 12.8. The summed E-state index contributed by atoms with van der Waals surface area (Å²) < 4.78 is 12.8. The molecular weight excluding hydrogens is 219 g/mol. The van der Waals surface area contributed by atoms with Crippen LogP contribution in [-0.4, -0.2) is 24.3 Å². The van der Waals surface area contributed by atoms with Crippen molar-refractivity contribution in [3.8, 4) is 0 Å². The van der Waals surface area contributed by atoms with Gasteiger partial charge < -0.3 is 16.2 Å². The van der Waals surface area contributed by atoms with Gasteiger partial charge in [0.25, 0.3) is 0 Å². The van der Waals surface area contributed by atoms with Gasteiger partial charge in [0.15, 0.2) is 0 Å². The van der Waals surface area contributed by atoms with Gasteiger partial charge in [-0.3, -0.25) is 0 Å². The maximum atomic E-state index is 12.8. The lowest BCUT2D eigenvalue weighted by Crippen LogP contribution is -2.39. The van der Waals surface area contributed by atoms with Gasteiger partial charge in [-0.1, -0.05) is 19.1 Å². The Kier molecular flexibility index (Phi) is 5.55. The zero-order chi connectivity index (χ0) is 12.8. The van der Waals surface area contributed by atoms with Gasteiger partial charge in [0.1, 0.15) is 5.82 Å². The summed E-state index contributed by atoms with van der Waals surface area (Å²) >= 11 is 0. The molecule has 4 N–H and O–H groups in total. The van der Waals surface area contributed by atoms with Crippen molar-refractivity contribution in [2.75, 3.05) is 13.2 Å². The number of hydrogen-bond acceptors (Lipinski definition) is 3. The second kappa shape index (κ2) is 6.69. The fraction of sp³-hybridized carbons (Fsp3) is 0.538. The molecule has 0 aliphatic carbocycles. The van der Waals surface area contributed by atoms with Gasteiger partial charge in [-0.15, -0.1) is 0 Å². The van der Waals surface area contributed by atoms with Gasteiger partial charge >= 0.3 is 0 Å². The highest BCUT2D eigenvalue weighted by molar-refractivity contribution is 5.20. The van der Waals surface area contributed by atoms with Crippen LogP contribution in [0.3, 0.4) is 0 Å². The SMILES string of the molecule is CC(CO)C(C)NC(CN)c1ccc(F)cc1. The first kappa shape index (κ1) is 14.1. The Morgan fingerprint density at radius 1 is 1.29 bits per heavy atom. The fourth-order valence-corrected chi connectivity index (χ4v) is 1.64. The van der Waals surface area contributed by atoms with Crippen molar-refractivity contribution >= 4 is 0 Å². The molecule has 0 spiro atoms. The summed E-state index contributed by atoms with van der Waals surface area (Å²) in [5.41, 5.74) is 6.68. The minimum Gasteiger partial charge on any atom is -0.396 e. The zero-order valence-electron chi connectivity index (χ0n) is 10.4. The van der Waals surface area contributed by atoms with Crippen LogP contribution in [0.25, 0.3) is 0 Å². The van der Waals surface area contributed by atoms with Gasteiger partial charge in [0, 0.05) is 25.2 Å². The number of aliphatic hydroxyl groups is 1. The van der Waals surface area contributed by atoms with E-state index in [1.54, 1.807) is 12.1 Å². The molecule has 0 saturated carbocycles. The molecule has 0 aliphatic rings. The number of nitrogens with one attached hydrogen (secondary N) is 1. The lowest BCUT2D eigenvalue weighted by molar-refractivity contribution is 0.201. The van der Waals surface area contributed by atoms with Crippen LogP contribution in [-0.2, 0) is 0 Å². The Morgan fingerprint density at radius 3 is 2.35 bits per heavy atom. The lowest BCUT2D eigenvalue weighted by atomic mass is 10.0. The molecule has 96 valence electrons. The number of rotatable bonds is 6. The highest BCUT2D eigenvalue weighted by Crippen LogP contribution is 2.15. The van der Waals surface area contributed by atoms with E-state index in [-0.39, 0.29) is 30.4 Å². The summed E-state index contributed by atoms with van der Waals surface area (Å²) in [5.74, 6) is -0.0919. The molecule has 0 fully saturated rings. The summed E-state index contributed by atoms with van der Waals surface area (Å²) in [5, 5.41) is 12.4. The zero-order valence-corrected chi connectivity index (χ0v) is 10.4. The van der Waals surface area contributed by atoms with Crippen molar-refractivity contribution in [2.45, 2.75) is 25.9 Å². The smallest absolute Gasteiger partial charge is 0.123 e. The Morgan fingerprint density at radius 2 is 1.88 bits per heavy atom. The third-order valence-electron chi connectivity index (χ3n) is 3.11. The van der Waals surface area contributed by atoms with Crippen molar-refractivity contribution in [1.82, 2.24) is 5.32 Å². The van der Waals surface area contributed by atoms with Crippen LogP contribution >= 0.6 is 0 Å². The first-order chi connectivity index (χ1) is 8.08. The van der Waals surface area contributed by atoms with Gasteiger partial charge in [0.05, 0.1) is 0 Å². The molecule has 0 radical (unpaired) electrons. The molecule has 3 unspecified atom stereocenters. The largest absolute Gasteiger partial charge is 0.396 e. The predicted octanol–water partition coefficient (Wildman–Crippen LogP) is 1.43. The van der Waals surface area contributed by atoms with E-state index in [4.69, 9.17) is 10.8 Å². The summed E-state index contributed by atoms with van der Waals surface area (Å²) in [4.78, 5) is 0. The lowest BCUT2D eigenvalue weighted by Gasteiger charge is -2.26. The van der Waals surface area contributed by atoms with Crippen molar-refractivity contribution in [1.29, 1.82) is 0 Å². The van der Waals surface area contributed by atoms with E-state index in [0.717, 1.165) is 5.56 Å². The normalized spacial score (nSPS) is 16.5. The Balaban J connectivity index is 2.68. The first-order valence-corrected chi connectivity index (χ1v) is 5.91. The standard InChI is InChI=1S/C13H21FN2O/c1-9(8-17)10(2)16-13(7-15)11-3-5-12(14)6-4-11/h3-6,9-10,13,16-17H,7-8,15H2,1-2H3. The van der Waals surface area contributed by atoms with E-state index in [1.807, 2.05) is 13.8 Å². The van der Waals surface area contributed by atoms with Crippen molar-refractivity contribution in [3.05, 3.63) is 35.6 Å². The maximum Gasteiger partial charge on any atom is 0.123 e. The molecule has 17 heavy (non-hydrogen) atoms. The third kappa shape index (κ3) is 4.07. The minimum absolute atomic E-state index is 0.0143. The molecule has 0 amide bonds. The predicted molar refractivity (Wildman–Crippen MR) is 67.0 cm³/mol. The van der Waals surface area contributed by atoms with Crippen molar-refractivity contribution < 1.29 is 9.50 Å². The summed E-state index contributed by atoms with van der Waals surface area (Å²) in [6, 6.07) is 6.46. The van der Waals surface area contributed by atoms with E-state index in [0.29, 0.717) is 6.54 Å². The molecule has 0 aromatic heterocycles. The van der Waals surface area contributed by atoms with Crippen LogP contribution in [0.2, 0.25) is 0 Å². The van der Waals surface area contributed by atoms with Crippen LogP contribution in [0.15, 0.2) is 24.3 Å². The molecule has 3 nitrogen and oxygen atoms in total. The molecular formula is C13H21FN2O. The molecule has 3 atom stereocenters. The molecule has 0 saturated heterocycles. The summed E-state index contributed by atoms with van der Waals surface area (Å²) in [7, 11) is 0. The number of benzene rings is 1. The quantitative estimate of drug-likeness (QED) is 0.705. The Hall–Kier alpha value is -0.970. The molecule has 1 aromatic carbocycles. The Bertz CT molecular complexity index is 329. The van der Waals surface area contributed by atoms with Gasteiger partial charge in [-0.2, -0.15) is 0 Å². The first-order valence-electron chi connectivity index (χ1n) is 5.91. The molecule has 0 aliphatic heterocycles. The number of aliphatic hydroxyl groups excluding tert-OH is 1. The Labute approximate surface area is 102 Å². The monoisotopic (exact) mass is 240 g/mol. The molecule has 1 rings (SSSR count). The number of halogens is 1. The van der Waals surface area contributed by atoms with Crippen LogP contribution in [0.1, 0.15) is 25.5 Å². The average Bonchev–Trinajstić information content (AvgIpc) is 2.35. The average molecular weight is 240 g/mol. The second-order valence-corrected chi connectivity index (χ2v) is 4.46. The van der Waals surface area contributed by atoms with Crippen LogP contribution < -0.4 is 11.1 Å². The van der Waals surface area contributed by atoms with Crippen LogP contribution in [0.4, 0.5) is 4.39 Å². The molecule has 0 heterocycles.